The third-order valence-corrected chi connectivity index (χ3v) is 11.0. The van der Waals surface area contributed by atoms with Gasteiger partial charge in [0.05, 0.1) is 14.6 Å². The highest BCUT2D eigenvalue weighted by molar-refractivity contribution is 9.11. The minimum atomic E-state index is -0.0417. The number of fused-ring (bicyclic) bond motifs is 7. The third-order valence-electron chi connectivity index (χ3n) is 8.67. The van der Waals surface area contributed by atoms with Gasteiger partial charge in [-0.15, -0.1) is 11.3 Å². The first-order valence-corrected chi connectivity index (χ1v) is 14.5. The number of benzene rings is 1. The van der Waals surface area contributed by atoms with E-state index in [-0.39, 0.29) is 23.0 Å². The molecule has 35 heavy (non-hydrogen) atoms. The Kier molecular flexibility index (Phi) is 5.88. The molecule has 1 saturated carbocycles. The summed E-state index contributed by atoms with van der Waals surface area (Å²) in [7, 11) is 0. The van der Waals surface area contributed by atoms with Gasteiger partial charge in [0.2, 0.25) is 5.91 Å². The Morgan fingerprint density at radius 2 is 2.17 bits per heavy atom. The van der Waals surface area contributed by atoms with Crippen molar-refractivity contribution in [3.05, 3.63) is 54.7 Å². The van der Waals surface area contributed by atoms with Gasteiger partial charge in [0.15, 0.2) is 5.13 Å². The van der Waals surface area contributed by atoms with Crippen LogP contribution >= 0.6 is 43.2 Å². The molecule has 5 atom stereocenters. The van der Waals surface area contributed by atoms with Crippen LogP contribution in [0.15, 0.2) is 32.0 Å². The molecule has 3 aliphatic carbocycles. The van der Waals surface area contributed by atoms with Gasteiger partial charge in [-0.2, -0.15) is 0 Å². The molecule has 0 spiro atoms. The zero-order valence-electron chi connectivity index (χ0n) is 19.6. The van der Waals surface area contributed by atoms with Crippen molar-refractivity contribution in [1.29, 1.82) is 0 Å². The summed E-state index contributed by atoms with van der Waals surface area (Å²) < 4.78 is 7.04. The van der Waals surface area contributed by atoms with Crippen LogP contribution in [0, 0.1) is 18.8 Å². The van der Waals surface area contributed by atoms with Crippen molar-refractivity contribution in [2.45, 2.75) is 69.6 Å². The van der Waals surface area contributed by atoms with Crippen molar-refractivity contribution in [3.63, 3.8) is 0 Å². The van der Waals surface area contributed by atoms with Gasteiger partial charge in [-0.05, 0) is 112 Å². The van der Waals surface area contributed by atoms with E-state index in [1.807, 2.05) is 13.2 Å². The number of thiazole rings is 1. The van der Waals surface area contributed by atoms with Gasteiger partial charge >= 0.3 is 0 Å². The number of aromatic nitrogens is 2. The van der Waals surface area contributed by atoms with Crippen molar-refractivity contribution in [2.24, 2.45) is 11.8 Å². The largest absolute Gasteiger partial charge is 0.506 e. The summed E-state index contributed by atoms with van der Waals surface area (Å²) in [5.74, 6) is 1.87. The van der Waals surface area contributed by atoms with Crippen LogP contribution in [0.2, 0.25) is 0 Å². The topological polar surface area (TPSA) is 88.3 Å². The molecule has 2 N–H and O–H groups in total. The Morgan fingerprint density at radius 1 is 1.34 bits per heavy atom. The number of carbonyl (C=O) groups is 1. The molecule has 0 radical (unpaired) electrons. The van der Waals surface area contributed by atoms with Gasteiger partial charge in [-0.25, -0.2) is 4.98 Å². The molecule has 2 heterocycles. The number of anilines is 1. The van der Waals surface area contributed by atoms with Gasteiger partial charge in [-0.1, -0.05) is 12.1 Å². The van der Waals surface area contributed by atoms with Crippen LogP contribution in [0.3, 0.4) is 0 Å². The predicted molar refractivity (Wildman–Crippen MR) is 142 cm³/mol. The number of amides is 1. The highest BCUT2D eigenvalue weighted by atomic mass is 79.9. The molecular weight excluding hydrogens is 594 g/mol. The summed E-state index contributed by atoms with van der Waals surface area (Å²) >= 11 is 8.70. The van der Waals surface area contributed by atoms with Crippen LogP contribution in [0.1, 0.15) is 78.1 Å². The normalized spacial score (nSPS) is 28.7. The molecule has 1 fully saturated rings. The molecule has 6 nitrogen and oxygen atoms in total. The maximum absolute atomic E-state index is 12.8. The third kappa shape index (κ3) is 3.72. The number of carbonyl (C=O) groups excluding carboxylic acids is 1. The zero-order chi connectivity index (χ0) is 24.5. The number of aromatic hydroxyl groups is 1. The number of rotatable bonds is 4. The first-order chi connectivity index (χ1) is 16.8. The Hall–Kier alpha value is -1.71. The number of hydrogen-bond donors (Lipinski definition) is 2. The first kappa shape index (κ1) is 23.7. The molecule has 6 rings (SSSR count). The minimum absolute atomic E-state index is 0.00985. The lowest BCUT2D eigenvalue weighted by atomic mass is 9.53. The lowest BCUT2D eigenvalue weighted by Crippen LogP contribution is -2.44. The van der Waals surface area contributed by atoms with E-state index in [0.29, 0.717) is 29.3 Å². The molecule has 5 unspecified atom stereocenters. The number of halogens is 2. The van der Waals surface area contributed by atoms with E-state index in [4.69, 9.17) is 4.52 Å². The highest BCUT2D eigenvalue weighted by Crippen LogP contribution is 2.65. The van der Waals surface area contributed by atoms with Crippen molar-refractivity contribution < 1.29 is 14.4 Å². The van der Waals surface area contributed by atoms with E-state index in [2.05, 4.69) is 60.3 Å². The monoisotopic (exact) mass is 619 g/mol. The van der Waals surface area contributed by atoms with Crippen molar-refractivity contribution >= 4 is 54.2 Å². The Bertz CT molecular complexity index is 1320. The average molecular weight is 621 g/mol. The van der Waals surface area contributed by atoms with E-state index in [0.717, 1.165) is 51.6 Å². The fraction of sp³-hybridized carbons (Fsp3) is 0.500. The Balaban J connectivity index is 1.30. The molecule has 3 aliphatic rings. The molecular formula is C26H27Br2N3O3S. The van der Waals surface area contributed by atoms with Crippen molar-refractivity contribution in [1.82, 2.24) is 10.1 Å². The Morgan fingerprint density at radius 3 is 2.94 bits per heavy atom. The van der Waals surface area contributed by atoms with Crippen molar-refractivity contribution in [3.8, 4) is 5.75 Å². The smallest absolute Gasteiger partial charge is 0.226 e. The van der Waals surface area contributed by atoms with Crippen LogP contribution in [-0.2, 0) is 16.6 Å². The summed E-state index contributed by atoms with van der Waals surface area (Å²) in [4.78, 5) is 18.2. The second-order valence-electron chi connectivity index (χ2n) is 10.5. The standard InChI is InChI=1S/C26H27Br2N3O3S/c1-12-10-29-25(35-12)30-20(32)6-5-15-18-11-34-31-24(18)26(2)8-7-13-14(21(15)26)3-4-16-17(13)9-19(27)23(33)22(16)28/h9-11,13-15,21,33H,3-8H2,1-2H3,(H,29,30,32). The average Bonchev–Trinajstić information content (AvgIpc) is 3.52. The maximum Gasteiger partial charge on any atom is 0.226 e. The quantitative estimate of drug-likeness (QED) is 0.322. The minimum Gasteiger partial charge on any atom is -0.506 e. The van der Waals surface area contributed by atoms with E-state index < -0.39 is 0 Å². The number of hydrogen-bond acceptors (Lipinski definition) is 6. The second-order valence-corrected chi connectivity index (χ2v) is 13.3. The lowest BCUT2D eigenvalue weighted by Gasteiger charge is -2.50. The Labute approximate surface area is 225 Å². The number of nitrogens with one attached hydrogen (secondary N) is 1. The summed E-state index contributed by atoms with van der Waals surface area (Å²) in [6.07, 6.45) is 8.94. The predicted octanol–water partition coefficient (Wildman–Crippen LogP) is 7.20. The van der Waals surface area contributed by atoms with Crippen molar-refractivity contribution in [2.75, 3.05) is 5.32 Å². The molecule has 9 heteroatoms. The lowest BCUT2D eigenvalue weighted by molar-refractivity contribution is -0.116. The molecule has 2 aromatic heterocycles. The van der Waals surface area contributed by atoms with Crippen LogP contribution in [0.4, 0.5) is 5.13 Å². The zero-order valence-corrected chi connectivity index (χ0v) is 23.6. The number of phenols is 1. The molecule has 1 amide bonds. The fourth-order valence-electron chi connectivity index (χ4n) is 7.26. The summed E-state index contributed by atoms with van der Waals surface area (Å²) in [5, 5.41) is 18.6. The SMILES string of the molecule is Cc1cnc(NC(=O)CCC2c3conc3C3(C)CCC4c5cc(Br)c(O)c(Br)c5CCC4C23)s1. The molecule has 0 saturated heterocycles. The first-order valence-electron chi connectivity index (χ1n) is 12.1. The number of nitrogens with zero attached hydrogens (tertiary/aromatic N) is 2. The summed E-state index contributed by atoms with van der Waals surface area (Å²) in [5.41, 5.74) is 4.83. The van der Waals surface area contributed by atoms with Crippen LogP contribution < -0.4 is 5.32 Å². The maximum atomic E-state index is 12.8. The second kappa shape index (κ2) is 8.70. The van der Waals surface area contributed by atoms with Gasteiger partial charge < -0.3 is 14.9 Å². The van der Waals surface area contributed by atoms with Gasteiger partial charge in [0.25, 0.3) is 0 Å². The van der Waals surface area contributed by atoms with Crippen LogP contribution in [-0.4, -0.2) is 21.2 Å². The highest BCUT2D eigenvalue weighted by Gasteiger charge is 2.58. The fourth-order valence-corrected chi connectivity index (χ4v) is 9.29. The molecule has 0 aliphatic heterocycles. The summed E-state index contributed by atoms with van der Waals surface area (Å²) in [6, 6.07) is 2.13. The molecule has 184 valence electrons. The number of aryl methyl sites for hydroxylation is 1. The van der Waals surface area contributed by atoms with E-state index >= 15 is 0 Å². The molecule has 3 aromatic rings. The van der Waals surface area contributed by atoms with Crippen LogP contribution in [0.5, 0.6) is 5.75 Å². The van der Waals surface area contributed by atoms with E-state index in [1.54, 1.807) is 6.20 Å². The molecule has 0 bridgehead atoms. The van der Waals surface area contributed by atoms with Crippen LogP contribution in [0.25, 0.3) is 0 Å². The number of phenolic OH excluding ortho intramolecular Hbond substituents is 1. The molecule has 1 aromatic carbocycles. The van der Waals surface area contributed by atoms with Gasteiger partial charge in [0.1, 0.15) is 12.0 Å². The van der Waals surface area contributed by atoms with Gasteiger partial charge in [-0.3, -0.25) is 4.79 Å². The van der Waals surface area contributed by atoms with E-state index in [9.17, 15) is 9.90 Å². The summed E-state index contributed by atoms with van der Waals surface area (Å²) in [6.45, 7) is 4.34. The van der Waals surface area contributed by atoms with Gasteiger partial charge in [0, 0.05) is 28.5 Å². The van der Waals surface area contributed by atoms with E-state index in [1.165, 1.54) is 28.0 Å².